The standard InChI is InChI=1S/C15H24N2O3/c1-12(14-6-4-10-20-14)16-15(19)11-17-8-3-2-5-13(17)7-9-18/h4,6,10,12-13,18H,2-3,5,7-9,11H2,1H3,(H,16,19). The summed E-state index contributed by atoms with van der Waals surface area (Å²) in [7, 11) is 0. The number of aliphatic hydroxyl groups is 1. The third-order valence-corrected chi connectivity index (χ3v) is 3.91. The van der Waals surface area contributed by atoms with E-state index in [9.17, 15) is 4.79 Å². The van der Waals surface area contributed by atoms with Gasteiger partial charge in [-0.3, -0.25) is 9.69 Å². The first-order valence-corrected chi connectivity index (χ1v) is 7.38. The van der Waals surface area contributed by atoms with Gasteiger partial charge in [-0.25, -0.2) is 0 Å². The molecule has 0 aliphatic carbocycles. The van der Waals surface area contributed by atoms with Crippen LogP contribution in [-0.2, 0) is 4.79 Å². The molecule has 5 nitrogen and oxygen atoms in total. The number of furan rings is 1. The summed E-state index contributed by atoms with van der Waals surface area (Å²) in [6.07, 6.45) is 5.75. The molecule has 2 rings (SSSR count). The zero-order valence-electron chi connectivity index (χ0n) is 12.0. The van der Waals surface area contributed by atoms with Gasteiger partial charge in [0.15, 0.2) is 0 Å². The van der Waals surface area contributed by atoms with Crippen LogP contribution in [0.3, 0.4) is 0 Å². The Balaban J connectivity index is 1.83. The molecule has 20 heavy (non-hydrogen) atoms. The summed E-state index contributed by atoms with van der Waals surface area (Å²) in [4.78, 5) is 14.3. The minimum Gasteiger partial charge on any atom is -0.467 e. The van der Waals surface area contributed by atoms with Crippen molar-refractivity contribution in [1.29, 1.82) is 0 Å². The fourth-order valence-corrected chi connectivity index (χ4v) is 2.82. The first kappa shape index (κ1) is 15.1. The Labute approximate surface area is 119 Å². The molecule has 1 aliphatic heterocycles. The van der Waals surface area contributed by atoms with Crippen molar-refractivity contribution in [3.63, 3.8) is 0 Å². The van der Waals surface area contributed by atoms with Gasteiger partial charge in [0, 0.05) is 12.6 Å². The molecule has 112 valence electrons. The topological polar surface area (TPSA) is 65.7 Å². The summed E-state index contributed by atoms with van der Waals surface area (Å²) in [5, 5.41) is 12.1. The Kier molecular flexibility index (Phi) is 5.61. The molecule has 1 aromatic rings. The highest BCUT2D eigenvalue weighted by molar-refractivity contribution is 5.78. The van der Waals surface area contributed by atoms with Gasteiger partial charge in [-0.1, -0.05) is 6.42 Å². The van der Waals surface area contributed by atoms with Gasteiger partial charge in [0.1, 0.15) is 5.76 Å². The third-order valence-electron chi connectivity index (χ3n) is 3.91. The minimum atomic E-state index is -0.112. The second kappa shape index (κ2) is 7.45. The van der Waals surface area contributed by atoms with Crippen molar-refractivity contribution in [2.24, 2.45) is 0 Å². The van der Waals surface area contributed by atoms with Crippen LogP contribution in [0.1, 0.15) is 44.4 Å². The largest absolute Gasteiger partial charge is 0.467 e. The van der Waals surface area contributed by atoms with Crippen LogP contribution in [0.25, 0.3) is 0 Å². The lowest BCUT2D eigenvalue weighted by Gasteiger charge is -2.35. The van der Waals surface area contributed by atoms with E-state index in [1.807, 2.05) is 19.1 Å². The SMILES string of the molecule is CC(NC(=O)CN1CCCCC1CCO)c1ccco1. The van der Waals surface area contributed by atoms with E-state index in [0.717, 1.165) is 31.6 Å². The van der Waals surface area contributed by atoms with E-state index in [4.69, 9.17) is 9.52 Å². The van der Waals surface area contributed by atoms with Crippen molar-refractivity contribution < 1.29 is 14.3 Å². The van der Waals surface area contributed by atoms with E-state index in [-0.39, 0.29) is 18.6 Å². The normalized spacial score (nSPS) is 21.6. The molecule has 0 bridgehead atoms. The van der Waals surface area contributed by atoms with Crippen molar-refractivity contribution in [1.82, 2.24) is 10.2 Å². The van der Waals surface area contributed by atoms with E-state index in [0.29, 0.717) is 12.6 Å². The Morgan fingerprint density at radius 2 is 2.45 bits per heavy atom. The van der Waals surface area contributed by atoms with Crippen LogP contribution >= 0.6 is 0 Å². The number of hydrogen-bond donors (Lipinski definition) is 2. The quantitative estimate of drug-likeness (QED) is 0.832. The van der Waals surface area contributed by atoms with E-state index >= 15 is 0 Å². The molecule has 1 aromatic heterocycles. The predicted octanol–water partition coefficient (Wildman–Crippen LogP) is 1.69. The van der Waals surface area contributed by atoms with Gasteiger partial charge in [-0.05, 0) is 44.9 Å². The van der Waals surface area contributed by atoms with Gasteiger partial charge >= 0.3 is 0 Å². The molecule has 5 heteroatoms. The van der Waals surface area contributed by atoms with Crippen LogP contribution in [0.2, 0.25) is 0 Å². The molecular formula is C15H24N2O3. The maximum atomic E-state index is 12.1. The molecular weight excluding hydrogens is 256 g/mol. The number of nitrogens with zero attached hydrogens (tertiary/aromatic N) is 1. The van der Waals surface area contributed by atoms with Crippen molar-refractivity contribution >= 4 is 5.91 Å². The van der Waals surface area contributed by atoms with Gasteiger partial charge in [-0.2, -0.15) is 0 Å². The molecule has 0 aromatic carbocycles. The highest BCUT2D eigenvalue weighted by Gasteiger charge is 2.24. The van der Waals surface area contributed by atoms with Gasteiger partial charge in [0.2, 0.25) is 5.91 Å². The van der Waals surface area contributed by atoms with Crippen LogP contribution in [0.15, 0.2) is 22.8 Å². The molecule has 1 amide bonds. The Morgan fingerprint density at radius 1 is 1.60 bits per heavy atom. The highest BCUT2D eigenvalue weighted by Crippen LogP contribution is 2.19. The van der Waals surface area contributed by atoms with Crippen LogP contribution in [-0.4, -0.2) is 41.7 Å². The molecule has 1 saturated heterocycles. The van der Waals surface area contributed by atoms with Gasteiger partial charge in [-0.15, -0.1) is 0 Å². The van der Waals surface area contributed by atoms with E-state index in [1.54, 1.807) is 6.26 Å². The molecule has 2 heterocycles. The van der Waals surface area contributed by atoms with Gasteiger partial charge in [0.05, 0.1) is 18.8 Å². The summed E-state index contributed by atoms with van der Waals surface area (Å²) >= 11 is 0. The van der Waals surface area contributed by atoms with E-state index < -0.39 is 0 Å². The maximum absolute atomic E-state index is 12.1. The van der Waals surface area contributed by atoms with Crippen molar-refractivity contribution in [3.8, 4) is 0 Å². The molecule has 2 N–H and O–H groups in total. The fraction of sp³-hybridized carbons (Fsp3) is 0.667. The van der Waals surface area contributed by atoms with Crippen LogP contribution in [0.4, 0.5) is 0 Å². The first-order valence-electron chi connectivity index (χ1n) is 7.38. The van der Waals surface area contributed by atoms with Crippen LogP contribution in [0, 0.1) is 0 Å². The summed E-state index contributed by atoms with van der Waals surface area (Å²) in [6.45, 7) is 3.44. The highest BCUT2D eigenvalue weighted by atomic mass is 16.3. The van der Waals surface area contributed by atoms with Gasteiger partial charge < -0.3 is 14.8 Å². The molecule has 2 unspecified atom stereocenters. The minimum absolute atomic E-state index is 0.0127. The zero-order valence-corrected chi connectivity index (χ0v) is 12.0. The number of carbonyl (C=O) groups excluding carboxylic acids is 1. The number of piperidine rings is 1. The molecule has 2 atom stereocenters. The lowest BCUT2D eigenvalue weighted by Crippen LogP contribution is -2.46. The first-order chi connectivity index (χ1) is 9.70. The van der Waals surface area contributed by atoms with Crippen molar-refractivity contribution in [2.75, 3.05) is 19.7 Å². The van der Waals surface area contributed by atoms with Crippen LogP contribution < -0.4 is 5.32 Å². The lowest BCUT2D eigenvalue weighted by molar-refractivity contribution is -0.124. The number of carbonyl (C=O) groups is 1. The molecule has 0 spiro atoms. The molecule has 0 saturated carbocycles. The average Bonchev–Trinajstić information content (AvgIpc) is 2.95. The Hall–Kier alpha value is -1.33. The number of rotatable bonds is 6. The summed E-state index contributed by atoms with van der Waals surface area (Å²) in [6, 6.07) is 3.90. The lowest BCUT2D eigenvalue weighted by atomic mass is 9.99. The van der Waals surface area contributed by atoms with E-state index in [2.05, 4.69) is 10.2 Å². The molecule has 0 radical (unpaired) electrons. The van der Waals surface area contributed by atoms with Crippen LogP contribution in [0.5, 0.6) is 0 Å². The smallest absolute Gasteiger partial charge is 0.234 e. The van der Waals surface area contributed by atoms with Gasteiger partial charge in [0.25, 0.3) is 0 Å². The number of aliphatic hydroxyl groups excluding tert-OH is 1. The fourth-order valence-electron chi connectivity index (χ4n) is 2.82. The maximum Gasteiger partial charge on any atom is 0.234 e. The Morgan fingerprint density at radius 3 is 3.15 bits per heavy atom. The van der Waals surface area contributed by atoms with Crippen molar-refractivity contribution in [3.05, 3.63) is 24.2 Å². The summed E-state index contributed by atoms with van der Waals surface area (Å²) < 4.78 is 5.28. The summed E-state index contributed by atoms with van der Waals surface area (Å²) in [5.74, 6) is 0.780. The Bertz CT molecular complexity index is 403. The second-order valence-corrected chi connectivity index (χ2v) is 5.44. The second-order valence-electron chi connectivity index (χ2n) is 5.44. The predicted molar refractivity (Wildman–Crippen MR) is 76.2 cm³/mol. The number of amides is 1. The van der Waals surface area contributed by atoms with Crippen molar-refractivity contribution in [2.45, 2.75) is 44.7 Å². The average molecular weight is 280 g/mol. The molecule has 1 aliphatic rings. The molecule has 1 fully saturated rings. The zero-order chi connectivity index (χ0) is 14.4. The number of hydrogen-bond acceptors (Lipinski definition) is 4. The van der Waals surface area contributed by atoms with E-state index in [1.165, 1.54) is 6.42 Å². The number of likely N-dealkylation sites (tertiary alicyclic amines) is 1. The third kappa shape index (κ3) is 4.08. The summed E-state index contributed by atoms with van der Waals surface area (Å²) in [5.41, 5.74) is 0. The monoisotopic (exact) mass is 280 g/mol. The number of nitrogens with one attached hydrogen (secondary N) is 1.